The van der Waals surface area contributed by atoms with Gasteiger partial charge in [-0.1, -0.05) is 36.4 Å². The SMILES string of the molecule is [C-]#[N+]c1ccc(C[C@H](Nc2nc(Cl)nc(Nc3cccc(CN4CCN(C(=O)OC(C)(C)C)CC4)c3)n2)C(=O)N(C)C)cc1. The normalized spacial score (nSPS) is 14.3. The number of benzene rings is 2. The van der Waals surface area contributed by atoms with E-state index in [1.165, 1.54) is 4.90 Å². The third-order valence-electron chi connectivity index (χ3n) is 6.77. The fourth-order valence-corrected chi connectivity index (χ4v) is 4.79. The van der Waals surface area contributed by atoms with Crippen molar-refractivity contribution in [3.05, 3.63) is 76.4 Å². The van der Waals surface area contributed by atoms with Gasteiger partial charge in [-0.15, -0.1) is 0 Å². The van der Waals surface area contributed by atoms with Gasteiger partial charge in [0.1, 0.15) is 11.6 Å². The molecule has 0 radical (unpaired) electrons. The topological polar surface area (TPSA) is 120 Å². The summed E-state index contributed by atoms with van der Waals surface area (Å²) in [6.07, 6.45) is 0.0796. The minimum atomic E-state index is -0.672. The molecule has 0 spiro atoms. The van der Waals surface area contributed by atoms with E-state index in [-0.39, 0.29) is 29.2 Å². The van der Waals surface area contributed by atoms with E-state index < -0.39 is 11.6 Å². The summed E-state index contributed by atoms with van der Waals surface area (Å²) in [4.78, 5) is 47.2. The Kier molecular flexibility index (Phi) is 10.6. The first kappa shape index (κ1) is 32.4. The van der Waals surface area contributed by atoms with E-state index >= 15 is 0 Å². The summed E-state index contributed by atoms with van der Waals surface area (Å²) < 4.78 is 5.50. The molecule has 2 amide bonds. The lowest BCUT2D eigenvalue weighted by Crippen LogP contribution is -2.49. The van der Waals surface area contributed by atoms with E-state index in [9.17, 15) is 9.59 Å². The third-order valence-corrected chi connectivity index (χ3v) is 6.94. The number of ether oxygens (including phenoxy) is 1. The number of anilines is 3. The Hall–Kier alpha value is -4.47. The third kappa shape index (κ3) is 9.52. The van der Waals surface area contributed by atoms with E-state index in [0.29, 0.717) is 31.7 Å². The van der Waals surface area contributed by atoms with Gasteiger partial charge in [-0.05, 0) is 55.6 Å². The van der Waals surface area contributed by atoms with Gasteiger partial charge in [-0.2, -0.15) is 15.0 Å². The van der Waals surface area contributed by atoms with Crippen molar-refractivity contribution in [2.75, 3.05) is 50.9 Å². The summed E-state index contributed by atoms with van der Waals surface area (Å²) in [6.45, 7) is 16.2. The molecule has 1 saturated heterocycles. The van der Waals surface area contributed by atoms with Crippen LogP contribution in [0.3, 0.4) is 0 Å². The van der Waals surface area contributed by atoms with E-state index in [4.69, 9.17) is 22.9 Å². The van der Waals surface area contributed by atoms with Gasteiger partial charge in [-0.3, -0.25) is 9.69 Å². The average molecular weight is 620 g/mol. The summed E-state index contributed by atoms with van der Waals surface area (Å²) in [5.74, 6) is 0.225. The van der Waals surface area contributed by atoms with Gasteiger partial charge >= 0.3 is 6.09 Å². The molecule has 12 nitrogen and oxygen atoms in total. The van der Waals surface area contributed by atoms with Crippen molar-refractivity contribution in [1.29, 1.82) is 0 Å². The van der Waals surface area contributed by atoms with Crippen LogP contribution >= 0.6 is 11.6 Å². The molecule has 3 aromatic rings. The second kappa shape index (κ2) is 14.3. The van der Waals surface area contributed by atoms with Crippen LogP contribution in [0.15, 0.2) is 48.5 Å². The molecule has 44 heavy (non-hydrogen) atoms. The van der Waals surface area contributed by atoms with Crippen LogP contribution in [0, 0.1) is 6.57 Å². The molecule has 2 aromatic carbocycles. The largest absolute Gasteiger partial charge is 0.444 e. The maximum Gasteiger partial charge on any atom is 0.410 e. The van der Waals surface area contributed by atoms with E-state index in [2.05, 4.69) is 35.3 Å². The van der Waals surface area contributed by atoms with Crippen molar-refractivity contribution in [1.82, 2.24) is 29.7 Å². The number of aromatic nitrogens is 3. The molecule has 0 unspecified atom stereocenters. The Balaban J connectivity index is 1.40. The lowest BCUT2D eigenvalue weighted by molar-refractivity contribution is -0.129. The summed E-state index contributed by atoms with van der Waals surface area (Å²) in [5.41, 5.74) is 2.75. The monoisotopic (exact) mass is 619 g/mol. The minimum Gasteiger partial charge on any atom is -0.444 e. The van der Waals surface area contributed by atoms with Gasteiger partial charge in [-0.25, -0.2) is 9.64 Å². The summed E-state index contributed by atoms with van der Waals surface area (Å²) in [6, 6.07) is 14.3. The number of carbonyl (C=O) groups excluding carboxylic acids is 2. The molecule has 232 valence electrons. The number of rotatable bonds is 9. The first-order valence-corrected chi connectivity index (χ1v) is 14.7. The molecule has 1 aromatic heterocycles. The van der Waals surface area contributed by atoms with Gasteiger partial charge in [0.05, 0.1) is 6.57 Å². The smallest absolute Gasteiger partial charge is 0.410 e. The molecule has 1 atom stereocenters. The Labute approximate surface area is 263 Å². The molecular weight excluding hydrogens is 582 g/mol. The van der Waals surface area contributed by atoms with Crippen molar-refractivity contribution in [2.24, 2.45) is 0 Å². The molecule has 1 fully saturated rings. The predicted molar refractivity (Wildman–Crippen MR) is 170 cm³/mol. The van der Waals surface area contributed by atoms with Crippen molar-refractivity contribution in [3.8, 4) is 0 Å². The number of hydrogen-bond acceptors (Lipinski definition) is 9. The van der Waals surface area contributed by atoms with Crippen LogP contribution in [0.25, 0.3) is 4.85 Å². The van der Waals surface area contributed by atoms with Crippen LogP contribution in [-0.2, 0) is 22.5 Å². The second-order valence-electron chi connectivity index (χ2n) is 11.7. The van der Waals surface area contributed by atoms with Crippen molar-refractivity contribution >= 4 is 46.9 Å². The van der Waals surface area contributed by atoms with Crippen LogP contribution in [0.2, 0.25) is 5.28 Å². The maximum atomic E-state index is 13.0. The highest BCUT2D eigenvalue weighted by atomic mass is 35.5. The highest BCUT2D eigenvalue weighted by Gasteiger charge is 2.26. The number of amides is 2. The molecule has 0 bridgehead atoms. The minimum absolute atomic E-state index is 0.0264. The Morgan fingerprint density at radius 2 is 1.70 bits per heavy atom. The number of hydrogen-bond donors (Lipinski definition) is 2. The second-order valence-corrected chi connectivity index (χ2v) is 12.1. The Bertz CT molecular complexity index is 1490. The summed E-state index contributed by atoms with van der Waals surface area (Å²) in [7, 11) is 3.36. The lowest BCUT2D eigenvalue weighted by Gasteiger charge is -2.35. The Morgan fingerprint density at radius 3 is 2.34 bits per heavy atom. The number of piperazine rings is 1. The predicted octanol–water partition coefficient (Wildman–Crippen LogP) is 4.98. The first-order chi connectivity index (χ1) is 20.9. The molecule has 2 heterocycles. The number of carbonyl (C=O) groups is 2. The fraction of sp³-hybridized carbons (Fsp3) is 0.419. The molecule has 13 heteroatoms. The number of likely N-dealkylation sites (N-methyl/N-ethyl adjacent to an activating group) is 1. The van der Waals surface area contributed by atoms with E-state index in [1.54, 1.807) is 31.1 Å². The van der Waals surface area contributed by atoms with Crippen molar-refractivity contribution in [3.63, 3.8) is 0 Å². The standard InChI is InChI=1S/C31H38ClN9O3/c1-31(2,3)44-30(43)41-16-14-40(15-17-41)20-22-8-7-9-24(18-22)34-28-36-27(32)37-29(38-28)35-25(26(42)39(5)6)19-21-10-12-23(33-4)13-11-21/h7-13,18,25H,14-17,19-20H2,1-3,5-6H3,(H2,34,35,36,37,38)/t25-/m0/s1. The molecular formula is C31H38ClN9O3. The maximum absolute atomic E-state index is 13.0. The summed E-state index contributed by atoms with van der Waals surface area (Å²) in [5, 5.41) is 6.28. The van der Waals surface area contributed by atoms with Crippen LogP contribution in [0.1, 0.15) is 31.9 Å². The lowest BCUT2D eigenvalue weighted by atomic mass is 10.0. The van der Waals surface area contributed by atoms with Crippen LogP contribution in [0.5, 0.6) is 0 Å². The zero-order valence-electron chi connectivity index (χ0n) is 25.7. The number of halogens is 1. The van der Waals surface area contributed by atoms with Crippen LogP contribution in [-0.4, -0.2) is 93.6 Å². The zero-order valence-corrected chi connectivity index (χ0v) is 26.4. The molecule has 1 aliphatic heterocycles. The molecule has 1 aliphatic rings. The van der Waals surface area contributed by atoms with E-state index in [1.807, 2.05) is 57.2 Å². The van der Waals surface area contributed by atoms with Crippen LogP contribution < -0.4 is 10.6 Å². The molecule has 2 N–H and O–H groups in total. The first-order valence-electron chi connectivity index (χ1n) is 14.3. The van der Waals surface area contributed by atoms with Gasteiger partial charge in [0, 0.05) is 58.9 Å². The number of nitrogens with zero attached hydrogens (tertiary/aromatic N) is 7. The average Bonchev–Trinajstić information content (AvgIpc) is 2.96. The van der Waals surface area contributed by atoms with Gasteiger partial charge in [0.2, 0.25) is 23.1 Å². The summed E-state index contributed by atoms with van der Waals surface area (Å²) >= 11 is 6.26. The van der Waals surface area contributed by atoms with Crippen LogP contribution in [0.4, 0.5) is 28.1 Å². The van der Waals surface area contributed by atoms with Gasteiger partial charge in [0.25, 0.3) is 0 Å². The van der Waals surface area contributed by atoms with Gasteiger partial charge in [0.15, 0.2) is 5.69 Å². The van der Waals surface area contributed by atoms with Crippen molar-refractivity contribution < 1.29 is 14.3 Å². The Morgan fingerprint density at radius 1 is 1.02 bits per heavy atom. The van der Waals surface area contributed by atoms with E-state index in [0.717, 1.165) is 29.9 Å². The zero-order chi connectivity index (χ0) is 31.9. The molecule has 0 saturated carbocycles. The fourth-order valence-electron chi connectivity index (χ4n) is 4.63. The highest BCUT2D eigenvalue weighted by Crippen LogP contribution is 2.21. The highest BCUT2D eigenvalue weighted by molar-refractivity contribution is 6.28. The quantitative estimate of drug-likeness (QED) is 0.319. The van der Waals surface area contributed by atoms with Crippen molar-refractivity contribution in [2.45, 2.75) is 45.4 Å². The molecule has 4 rings (SSSR count). The molecule has 0 aliphatic carbocycles. The van der Waals surface area contributed by atoms with Gasteiger partial charge < -0.3 is 25.2 Å². The number of nitrogens with one attached hydrogen (secondary N) is 2.